The molecule has 0 saturated heterocycles. The Hall–Kier alpha value is -1.51. The van der Waals surface area contributed by atoms with Crippen LogP contribution in [0.1, 0.15) is 49.1 Å². The zero-order chi connectivity index (χ0) is 14.2. The van der Waals surface area contributed by atoms with Crippen LogP contribution in [0.15, 0.2) is 29.3 Å². The molecule has 2 fully saturated rings. The molecular weight excluding hydrogens is 258 g/mol. The van der Waals surface area contributed by atoms with E-state index in [-0.39, 0.29) is 0 Å². The highest BCUT2D eigenvalue weighted by atomic mass is 15.1. The molecule has 1 aromatic rings. The van der Waals surface area contributed by atoms with Gasteiger partial charge in [0.2, 0.25) is 0 Å². The molecule has 3 heteroatoms. The van der Waals surface area contributed by atoms with Crippen molar-refractivity contribution in [3.63, 3.8) is 0 Å². The normalized spacial score (nSPS) is 31.6. The van der Waals surface area contributed by atoms with Gasteiger partial charge < -0.3 is 11.1 Å². The predicted molar refractivity (Wildman–Crippen MR) is 86.4 cm³/mol. The molecule has 3 aliphatic rings. The van der Waals surface area contributed by atoms with Crippen molar-refractivity contribution in [1.82, 2.24) is 5.32 Å². The zero-order valence-electron chi connectivity index (χ0n) is 12.6. The van der Waals surface area contributed by atoms with Gasteiger partial charge in [0.25, 0.3) is 0 Å². The smallest absolute Gasteiger partial charge is 0.188 e. The summed E-state index contributed by atoms with van der Waals surface area (Å²) in [4.78, 5) is 4.62. The van der Waals surface area contributed by atoms with Crippen LogP contribution in [0.2, 0.25) is 0 Å². The number of hydrogen-bond acceptors (Lipinski definition) is 1. The highest BCUT2D eigenvalue weighted by Crippen LogP contribution is 2.61. The van der Waals surface area contributed by atoms with Crippen LogP contribution in [0.4, 0.5) is 0 Å². The lowest BCUT2D eigenvalue weighted by atomic mass is 9.96. The molecule has 3 aliphatic carbocycles. The fourth-order valence-corrected chi connectivity index (χ4v) is 4.44. The summed E-state index contributed by atoms with van der Waals surface area (Å²) >= 11 is 0. The second kappa shape index (κ2) is 5.36. The van der Waals surface area contributed by atoms with Gasteiger partial charge in [-0.15, -0.1) is 0 Å². The molecule has 3 N–H and O–H groups in total. The maximum atomic E-state index is 6.06. The van der Waals surface area contributed by atoms with E-state index in [4.69, 9.17) is 5.73 Å². The number of aliphatic imine (C=N–C) groups is 1. The van der Waals surface area contributed by atoms with Crippen molar-refractivity contribution in [1.29, 1.82) is 0 Å². The summed E-state index contributed by atoms with van der Waals surface area (Å²) in [5.41, 5.74) is 9.19. The third kappa shape index (κ3) is 2.54. The van der Waals surface area contributed by atoms with Gasteiger partial charge >= 0.3 is 0 Å². The van der Waals surface area contributed by atoms with E-state index in [1.165, 1.54) is 38.5 Å². The zero-order valence-corrected chi connectivity index (χ0v) is 12.6. The number of guanidine groups is 1. The molecule has 0 radical (unpaired) electrons. The van der Waals surface area contributed by atoms with Gasteiger partial charge in [0.1, 0.15) is 0 Å². The molecule has 1 aromatic carbocycles. The van der Waals surface area contributed by atoms with Crippen molar-refractivity contribution in [2.75, 3.05) is 6.54 Å². The Labute approximate surface area is 127 Å². The standard InChI is InChI=1S/C18H25N3/c19-18(21-13-7-2-1-3-8-13)20-11-16-15-10-12-6-4-5-9-14(12)17(15)16/h4-6,9,13,15-17H,1-3,7-8,10-11H2,(H3,19,20,21). The summed E-state index contributed by atoms with van der Waals surface area (Å²) < 4.78 is 0. The van der Waals surface area contributed by atoms with E-state index in [1.54, 1.807) is 11.1 Å². The highest BCUT2D eigenvalue weighted by Gasteiger charge is 2.54. The van der Waals surface area contributed by atoms with Crippen LogP contribution in [-0.4, -0.2) is 18.5 Å². The van der Waals surface area contributed by atoms with Crippen LogP contribution in [0.3, 0.4) is 0 Å². The molecule has 21 heavy (non-hydrogen) atoms. The first-order valence-electron chi connectivity index (χ1n) is 8.47. The second-order valence-electron chi connectivity index (χ2n) is 6.96. The summed E-state index contributed by atoms with van der Waals surface area (Å²) in [5.74, 6) is 2.98. The number of nitrogens with one attached hydrogen (secondary N) is 1. The Bertz CT molecular complexity index is 545. The maximum absolute atomic E-state index is 6.06. The largest absolute Gasteiger partial charge is 0.370 e. The van der Waals surface area contributed by atoms with E-state index < -0.39 is 0 Å². The maximum Gasteiger partial charge on any atom is 0.188 e. The van der Waals surface area contributed by atoms with E-state index in [9.17, 15) is 0 Å². The second-order valence-corrected chi connectivity index (χ2v) is 6.96. The van der Waals surface area contributed by atoms with Gasteiger partial charge in [-0.05, 0) is 48.1 Å². The molecule has 112 valence electrons. The first kappa shape index (κ1) is 13.2. The average molecular weight is 283 g/mol. The predicted octanol–water partition coefficient (Wildman–Crippen LogP) is 2.81. The van der Waals surface area contributed by atoms with Gasteiger partial charge in [-0.3, -0.25) is 4.99 Å². The number of nitrogens with two attached hydrogens (primary N) is 1. The van der Waals surface area contributed by atoms with Crippen LogP contribution in [-0.2, 0) is 6.42 Å². The molecule has 0 aromatic heterocycles. The summed E-state index contributed by atoms with van der Waals surface area (Å²) in [5, 5.41) is 3.41. The van der Waals surface area contributed by atoms with Crippen LogP contribution in [0.5, 0.6) is 0 Å². The molecule has 3 atom stereocenters. The SMILES string of the molecule is NC(=NCC1C2Cc3ccccc3C12)NC1CCCCC1. The molecule has 4 rings (SSSR count). The van der Waals surface area contributed by atoms with E-state index in [1.807, 2.05) is 0 Å². The molecular formula is C18H25N3. The highest BCUT2D eigenvalue weighted by molar-refractivity contribution is 5.78. The Morgan fingerprint density at radius 2 is 2.00 bits per heavy atom. The van der Waals surface area contributed by atoms with Crippen molar-refractivity contribution >= 4 is 5.96 Å². The van der Waals surface area contributed by atoms with Crippen molar-refractivity contribution in [2.45, 2.75) is 50.5 Å². The summed E-state index contributed by atoms with van der Waals surface area (Å²) in [6.45, 7) is 0.898. The van der Waals surface area contributed by atoms with E-state index in [0.29, 0.717) is 12.0 Å². The van der Waals surface area contributed by atoms with Crippen LogP contribution < -0.4 is 11.1 Å². The summed E-state index contributed by atoms with van der Waals surface area (Å²) in [6, 6.07) is 9.46. The number of hydrogen-bond donors (Lipinski definition) is 2. The van der Waals surface area contributed by atoms with Gasteiger partial charge in [0.15, 0.2) is 5.96 Å². The van der Waals surface area contributed by atoms with E-state index in [0.717, 1.165) is 24.3 Å². The van der Waals surface area contributed by atoms with Crippen molar-refractivity contribution < 1.29 is 0 Å². The molecule has 2 saturated carbocycles. The van der Waals surface area contributed by atoms with Crippen molar-refractivity contribution in [3.8, 4) is 0 Å². The molecule has 0 spiro atoms. The third-order valence-electron chi connectivity index (χ3n) is 5.63. The quantitative estimate of drug-likeness (QED) is 0.662. The number of rotatable bonds is 3. The Morgan fingerprint density at radius 1 is 1.19 bits per heavy atom. The number of fused-ring (bicyclic) bond motifs is 3. The van der Waals surface area contributed by atoms with Gasteiger partial charge in [-0.2, -0.15) is 0 Å². The average Bonchev–Trinajstić information content (AvgIpc) is 3.05. The summed E-state index contributed by atoms with van der Waals surface area (Å²) in [7, 11) is 0. The Kier molecular flexibility index (Phi) is 3.36. The first-order valence-corrected chi connectivity index (χ1v) is 8.47. The summed E-state index contributed by atoms with van der Waals surface area (Å²) in [6.07, 6.45) is 7.77. The fraction of sp³-hybridized carbons (Fsp3) is 0.611. The van der Waals surface area contributed by atoms with Crippen molar-refractivity contribution in [3.05, 3.63) is 35.4 Å². The number of benzene rings is 1. The minimum Gasteiger partial charge on any atom is -0.370 e. The van der Waals surface area contributed by atoms with Gasteiger partial charge in [-0.25, -0.2) is 0 Å². The number of nitrogens with zero attached hydrogens (tertiary/aromatic N) is 1. The third-order valence-corrected chi connectivity index (χ3v) is 5.63. The topological polar surface area (TPSA) is 50.4 Å². The molecule has 3 unspecified atom stereocenters. The van der Waals surface area contributed by atoms with E-state index in [2.05, 4.69) is 34.6 Å². The van der Waals surface area contributed by atoms with Crippen molar-refractivity contribution in [2.24, 2.45) is 22.6 Å². The lowest BCUT2D eigenvalue weighted by molar-refractivity contribution is 0.412. The lowest BCUT2D eigenvalue weighted by Gasteiger charge is -2.23. The minimum absolute atomic E-state index is 0.557. The van der Waals surface area contributed by atoms with E-state index >= 15 is 0 Å². The minimum atomic E-state index is 0.557. The molecule has 0 aliphatic heterocycles. The van der Waals surface area contributed by atoms with Crippen LogP contribution in [0, 0.1) is 11.8 Å². The molecule has 0 amide bonds. The van der Waals surface area contributed by atoms with Crippen LogP contribution >= 0.6 is 0 Å². The van der Waals surface area contributed by atoms with Gasteiger partial charge in [-0.1, -0.05) is 43.5 Å². The van der Waals surface area contributed by atoms with Gasteiger partial charge in [0, 0.05) is 12.6 Å². The first-order chi connectivity index (χ1) is 10.3. The molecule has 0 bridgehead atoms. The molecule has 3 nitrogen and oxygen atoms in total. The monoisotopic (exact) mass is 283 g/mol. The fourth-order valence-electron chi connectivity index (χ4n) is 4.44. The lowest BCUT2D eigenvalue weighted by Crippen LogP contribution is -2.41. The van der Waals surface area contributed by atoms with Gasteiger partial charge in [0.05, 0.1) is 0 Å². The Morgan fingerprint density at radius 3 is 2.86 bits per heavy atom. The van der Waals surface area contributed by atoms with Crippen LogP contribution in [0.25, 0.3) is 0 Å². The molecule has 0 heterocycles. The Balaban J connectivity index is 1.31.